The average molecular weight is 276 g/mol. The summed E-state index contributed by atoms with van der Waals surface area (Å²) in [6.07, 6.45) is 4.42. The van der Waals surface area contributed by atoms with Crippen LogP contribution in [0.5, 0.6) is 0 Å². The van der Waals surface area contributed by atoms with Crippen molar-refractivity contribution in [2.75, 3.05) is 11.9 Å². The van der Waals surface area contributed by atoms with E-state index in [0.29, 0.717) is 12.2 Å². The van der Waals surface area contributed by atoms with Gasteiger partial charge in [0.25, 0.3) is 0 Å². The Labute approximate surface area is 113 Å². The fraction of sp³-hybridized carbons (Fsp3) is 0.182. The molecule has 0 spiro atoms. The minimum Gasteiger partial charge on any atom is -0.476 e. The van der Waals surface area contributed by atoms with Crippen molar-refractivity contribution >= 4 is 17.7 Å². The molecule has 2 amide bonds. The molecule has 2 aromatic heterocycles. The third-order valence-electron chi connectivity index (χ3n) is 2.30. The Hall–Kier alpha value is -2.97. The first-order chi connectivity index (χ1) is 9.65. The maximum absolute atomic E-state index is 11.5. The molecule has 20 heavy (non-hydrogen) atoms. The van der Waals surface area contributed by atoms with E-state index < -0.39 is 5.97 Å². The maximum atomic E-state index is 11.5. The van der Waals surface area contributed by atoms with Crippen molar-refractivity contribution in [2.24, 2.45) is 0 Å². The van der Waals surface area contributed by atoms with Gasteiger partial charge in [0, 0.05) is 12.7 Å². The Bertz CT molecular complexity index is 597. The third-order valence-corrected chi connectivity index (χ3v) is 2.30. The number of carbonyl (C=O) groups is 2. The molecular formula is C11H12N6O3. The molecule has 0 saturated carbocycles. The van der Waals surface area contributed by atoms with Crippen LogP contribution in [0.1, 0.15) is 10.5 Å². The lowest BCUT2D eigenvalue weighted by atomic mass is 10.4. The normalized spacial score (nSPS) is 10.0. The summed E-state index contributed by atoms with van der Waals surface area (Å²) in [5.41, 5.74) is 0.448. The van der Waals surface area contributed by atoms with Crippen molar-refractivity contribution < 1.29 is 14.7 Å². The van der Waals surface area contributed by atoms with Crippen LogP contribution in [0.15, 0.2) is 30.7 Å². The summed E-state index contributed by atoms with van der Waals surface area (Å²) in [5, 5.41) is 21.0. The highest BCUT2D eigenvalue weighted by molar-refractivity contribution is 5.88. The van der Waals surface area contributed by atoms with E-state index in [0.717, 1.165) is 0 Å². The minimum absolute atomic E-state index is 0.134. The van der Waals surface area contributed by atoms with Gasteiger partial charge in [-0.3, -0.25) is 4.98 Å². The Balaban J connectivity index is 1.75. The molecular weight excluding hydrogens is 264 g/mol. The highest BCUT2D eigenvalue weighted by Gasteiger charge is 2.08. The molecule has 2 aromatic rings. The standard InChI is InChI=1S/C11H12N6O3/c18-10(19)9-7-17(16-15-9)5-4-13-11(20)14-8-2-1-3-12-6-8/h1-3,6-7H,4-5H2,(H,18,19)(H2,13,14,20). The minimum atomic E-state index is -1.14. The maximum Gasteiger partial charge on any atom is 0.358 e. The Morgan fingerprint density at radius 3 is 2.90 bits per heavy atom. The van der Waals surface area contributed by atoms with E-state index in [1.165, 1.54) is 17.1 Å². The molecule has 0 aromatic carbocycles. The van der Waals surface area contributed by atoms with Crippen LogP contribution in [-0.4, -0.2) is 43.6 Å². The molecule has 0 unspecified atom stereocenters. The van der Waals surface area contributed by atoms with Crippen molar-refractivity contribution in [1.82, 2.24) is 25.3 Å². The van der Waals surface area contributed by atoms with E-state index in [4.69, 9.17) is 5.11 Å². The van der Waals surface area contributed by atoms with Crippen molar-refractivity contribution in [3.05, 3.63) is 36.4 Å². The highest BCUT2D eigenvalue weighted by atomic mass is 16.4. The zero-order chi connectivity index (χ0) is 14.4. The number of nitrogens with zero attached hydrogens (tertiary/aromatic N) is 4. The highest BCUT2D eigenvalue weighted by Crippen LogP contribution is 2.01. The molecule has 2 heterocycles. The topological polar surface area (TPSA) is 122 Å². The fourth-order valence-corrected chi connectivity index (χ4v) is 1.40. The average Bonchev–Trinajstić information content (AvgIpc) is 2.89. The van der Waals surface area contributed by atoms with E-state index in [9.17, 15) is 9.59 Å². The van der Waals surface area contributed by atoms with E-state index in [-0.39, 0.29) is 18.3 Å². The lowest BCUT2D eigenvalue weighted by Crippen LogP contribution is -2.31. The summed E-state index contributed by atoms with van der Waals surface area (Å²) in [6.45, 7) is 0.606. The van der Waals surface area contributed by atoms with Gasteiger partial charge in [-0.05, 0) is 12.1 Å². The molecule has 3 N–H and O–H groups in total. The number of nitrogens with one attached hydrogen (secondary N) is 2. The number of carboxylic acids is 1. The summed E-state index contributed by atoms with van der Waals surface area (Å²) < 4.78 is 1.34. The predicted molar refractivity (Wildman–Crippen MR) is 68.2 cm³/mol. The van der Waals surface area contributed by atoms with Crippen molar-refractivity contribution in [2.45, 2.75) is 6.54 Å². The summed E-state index contributed by atoms with van der Waals surface area (Å²) in [4.78, 5) is 26.0. The number of hydrogen-bond acceptors (Lipinski definition) is 5. The van der Waals surface area contributed by atoms with E-state index in [1.807, 2.05) is 0 Å². The van der Waals surface area contributed by atoms with Gasteiger partial charge in [-0.2, -0.15) is 0 Å². The van der Waals surface area contributed by atoms with Crippen LogP contribution in [0.4, 0.5) is 10.5 Å². The van der Waals surface area contributed by atoms with Crippen LogP contribution in [0, 0.1) is 0 Å². The van der Waals surface area contributed by atoms with E-state index in [2.05, 4.69) is 25.9 Å². The van der Waals surface area contributed by atoms with Gasteiger partial charge in [0.05, 0.1) is 24.6 Å². The van der Waals surface area contributed by atoms with E-state index >= 15 is 0 Å². The molecule has 2 rings (SSSR count). The number of amides is 2. The van der Waals surface area contributed by atoms with Crippen molar-refractivity contribution in [1.29, 1.82) is 0 Å². The number of rotatable bonds is 5. The molecule has 0 aliphatic heterocycles. The summed E-state index contributed by atoms with van der Waals surface area (Å²) in [5.74, 6) is -1.14. The second kappa shape index (κ2) is 6.27. The largest absolute Gasteiger partial charge is 0.476 e. The quantitative estimate of drug-likeness (QED) is 0.716. The molecule has 0 aliphatic rings. The lowest BCUT2D eigenvalue weighted by Gasteiger charge is -2.06. The number of carbonyl (C=O) groups excluding carboxylic acids is 1. The first-order valence-electron chi connectivity index (χ1n) is 5.73. The Morgan fingerprint density at radius 1 is 1.40 bits per heavy atom. The van der Waals surface area contributed by atoms with Crippen LogP contribution in [0.25, 0.3) is 0 Å². The van der Waals surface area contributed by atoms with Gasteiger partial charge < -0.3 is 15.7 Å². The number of hydrogen-bond donors (Lipinski definition) is 3. The molecule has 0 radical (unpaired) electrons. The number of aromatic carboxylic acids is 1. The van der Waals surface area contributed by atoms with Gasteiger partial charge in [-0.15, -0.1) is 5.10 Å². The molecule has 9 heteroatoms. The van der Waals surface area contributed by atoms with Gasteiger partial charge in [-0.25, -0.2) is 14.3 Å². The Morgan fingerprint density at radius 2 is 2.25 bits per heavy atom. The monoisotopic (exact) mass is 276 g/mol. The SMILES string of the molecule is O=C(NCCn1cc(C(=O)O)nn1)Nc1cccnc1. The van der Waals surface area contributed by atoms with Crippen LogP contribution in [0.2, 0.25) is 0 Å². The summed E-state index contributed by atoms with van der Waals surface area (Å²) in [6, 6.07) is 3.04. The molecule has 9 nitrogen and oxygen atoms in total. The lowest BCUT2D eigenvalue weighted by molar-refractivity contribution is 0.0690. The van der Waals surface area contributed by atoms with Gasteiger partial charge in [0.2, 0.25) is 0 Å². The predicted octanol–water partition coefficient (Wildman–Crippen LogP) is 0.193. The Kier molecular flexibility index (Phi) is 4.22. The summed E-state index contributed by atoms with van der Waals surface area (Å²) in [7, 11) is 0. The molecule has 0 bridgehead atoms. The van der Waals surface area contributed by atoms with Crippen LogP contribution in [0.3, 0.4) is 0 Å². The smallest absolute Gasteiger partial charge is 0.358 e. The zero-order valence-electron chi connectivity index (χ0n) is 10.4. The molecule has 104 valence electrons. The van der Waals surface area contributed by atoms with Gasteiger partial charge >= 0.3 is 12.0 Å². The van der Waals surface area contributed by atoms with E-state index in [1.54, 1.807) is 18.3 Å². The second-order valence-electron chi connectivity index (χ2n) is 3.79. The molecule has 0 aliphatic carbocycles. The number of pyridine rings is 1. The fourth-order valence-electron chi connectivity index (χ4n) is 1.40. The summed E-state index contributed by atoms with van der Waals surface area (Å²) >= 11 is 0. The second-order valence-corrected chi connectivity index (χ2v) is 3.79. The van der Waals surface area contributed by atoms with Gasteiger partial charge in [0.15, 0.2) is 5.69 Å². The van der Waals surface area contributed by atoms with Crippen LogP contribution in [-0.2, 0) is 6.54 Å². The first-order valence-corrected chi connectivity index (χ1v) is 5.73. The van der Waals surface area contributed by atoms with Crippen molar-refractivity contribution in [3.63, 3.8) is 0 Å². The third kappa shape index (κ3) is 3.77. The van der Waals surface area contributed by atoms with Gasteiger partial charge in [0.1, 0.15) is 0 Å². The molecule has 0 atom stereocenters. The van der Waals surface area contributed by atoms with Crippen LogP contribution >= 0.6 is 0 Å². The number of carboxylic acid groups (broad SMARTS) is 1. The number of urea groups is 1. The first kappa shape index (κ1) is 13.5. The van der Waals surface area contributed by atoms with Crippen molar-refractivity contribution in [3.8, 4) is 0 Å². The molecule has 0 saturated heterocycles. The van der Waals surface area contributed by atoms with Crippen LogP contribution < -0.4 is 10.6 Å². The van der Waals surface area contributed by atoms with Gasteiger partial charge in [-0.1, -0.05) is 5.21 Å². The zero-order valence-corrected chi connectivity index (χ0v) is 10.4. The number of anilines is 1. The molecule has 0 fully saturated rings. The number of aromatic nitrogens is 4.